The fourth-order valence-corrected chi connectivity index (χ4v) is 3.18. The predicted octanol–water partition coefficient (Wildman–Crippen LogP) is 1.73. The molecular weight excluding hydrogens is 272 g/mol. The molecule has 0 spiro atoms. The summed E-state index contributed by atoms with van der Waals surface area (Å²) in [6, 6.07) is 5.79. The average Bonchev–Trinajstić information content (AvgIpc) is 2.31. The molecule has 0 atom stereocenters. The third-order valence-corrected chi connectivity index (χ3v) is 4.76. The topological polar surface area (TPSA) is 40.6 Å². The van der Waals surface area contributed by atoms with Gasteiger partial charge in [-0.15, -0.1) is 0 Å². The lowest BCUT2D eigenvalue weighted by molar-refractivity contribution is 0.388. The largest absolute Gasteiger partial charge is 0.369 e. The highest BCUT2D eigenvalue weighted by Gasteiger charge is 2.24. The Morgan fingerprint density at radius 2 is 1.78 bits per heavy atom. The molecule has 0 radical (unpaired) electrons. The van der Waals surface area contributed by atoms with Gasteiger partial charge in [-0.25, -0.2) is 8.42 Å². The van der Waals surface area contributed by atoms with E-state index in [9.17, 15) is 8.42 Å². The number of aryl methyl sites for hydroxylation is 1. The van der Waals surface area contributed by atoms with E-state index in [0.29, 0.717) is 31.2 Å². The van der Waals surface area contributed by atoms with Gasteiger partial charge in [0.1, 0.15) is 0 Å². The van der Waals surface area contributed by atoms with E-state index in [0.717, 1.165) is 11.3 Å². The summed E-state index contributed by atoms with van der Waals surface area (Å²) in [6.45, 7) is 4.51. The minimum atomic E-state index is -3.07. The van der Waals surface area contributed by atoms with Gasteiger partial charge >= 0.3 is 0 Å². The van der Waals surface area contributed by atoms with E-state index in [2.05, 4.69) is 4.90 Å². The van der Waals surface area contributed by atoms with Gasteiger partial charge < -0.3 is 4.90 Å². The molecule has 6 heteroatoms. The second-order valence-corrected chi connectivity index (χ2v) is 7.00. The summed E-state index contributed by atoms with van der Waals surface area (Å²) < 4.78 is 24.4. The number of piperazine rings is 1. The number of sulfonamides is 1. The summed E-state index contributed by atoms with van der Waals surface area (Å²) in [7, 11) is -3.07. The Hall–Kier alpha value is -0.780. The monoisotopic (exact) mass is 288 g/mol. The molecule has 1 aromatic carbocycles. The maximum atomic E-state index is 11.4. The quantitative estimate of drug-likeness (QED) is 0.832. The van der Waals surface area contributed by atoms with Crippen molar-refractivity contribution in [1.29, 1.82) is 0 Å². The lowest BCUT2D eigenvalue weighted by Gasteiger charge is -2.35. The zero-order valence-corrected chi connectivity index (χ0v) is 12.1. The number of rotatable bonds is 2. The molecule has 1 aliphatic rings. The lowest BCUT2D eigenvalue weighted by Crippen LogP contribution is -2.48. The van der Waals surface area contributed by atoms with Gasteiger partial charge in [-0.3, -0.25) is 0 Å². The molecule has 0 aliphatic carbocycles. The van der Waals surface area contributed by atoms with Crippen molar-refractivity contribution in [3.05, 3.63) is 28.8 Å². The number of anilines is 1. The van der Waals surface area contributed by atoms with E-state index >= 15 is 0 Å². The summed E-state index contributed by atoms with van der Waals surface area (Å²) in [5.74, 6) is 0. The Kier molecular flexibility index (Phi) is 3.84. The Morgan fingerprint density at radius 3 is 2.33 bits per heavy atom. The Morgan fingerprint density at radius 1 is 1.17 bits per heavy atom. The molecule has 1 aliphatic heterocycles. The van der Waals surface area contributed by atoms with Gasteiger partial charge in [0.15, 0.2) is 0 Å². The molecule has 1 fully saturated rings. The summed E-state index contributed by atoms with van der Waals surface area (Å²) in [5.41, 5.74) is 2.25. The first-order valence-corrected chi connectivity index (χ1v) is 8.07. The minimum absolute atomic E-state index is 0.533. The molecule has 0 unspecified atom stereocenters. The van der Waals surface area contributed by atoms with Crippen molar-refractivity contribution >= 4 is 27.3 Å². The second kappa shape index (κ2) is 5.07. The van der Waals surface area contributed by atoms with Crippen LogP contribution in [0.1, 0.15) is 5.56 Å². The number of hydrogen-bond acceptors (Lipinski definition) is 3. The number of hydrogen-bond donors (Lipinski definition) is 0. The van der Waals surface area contributed by atoms with Crippen LogP contribution in [-0.2, 0) is 10.0 Å². The highest BCUT2D eigenvalue weighted by molar-refractivity contribution is 7.88. The highest BCUT2D eigenvalue weighted by atomic mass is 35.5. The van der Waals surface area contributed by atoms with Crippen LogP contribution in [0, 0.1) is 6.92 Å². The third-order valence-electron chi connectivity index (χ3n) is 3.22. The van der Waals surface area contributed by atoms with Crippen LogP contribution < -0.4 is 4.90 Å². The molecule has 1 saturated heterocycles. The van der Waals surface area contributed by atoms with Crippen LogP contribution in [0.25, 0.3) is 0 Å². The Balaban J connectivity index is 2.12. The molecule has 18 heavy (non-hydrogen) atoms. The zero-order chi connectivity index (χ0) is 13.3. The van der Waals surface area contributed by atoms with E-state index < -0.39 is 10.0 Å². The molecule has 100 valence electrons. The molecule has 1 aromatic rings. The van der Waals surface area contributed by atoms with Gasteiger partial charge in [0.2, 0.25) is 10.0 Å². The first kappa shape index (κ1) is 13.6. The van der Waals surface area contributed by atoms with Crippen LogP contribution in [0.5, 0.6) is 0 Å². The van der Waals surface area contributed by atoms with Gasteiger partial charge in [-0.05, 0) is 24.6 Å². The third kappa shape index (κ3) is 2.96. The first-order chi connectivity index (χ1) is 8.38. The lowest BCUT2D eigenvalue weighted by atomic mass is 10.1. The molecule has 0 N–H and O–H groups in total. The maximum Gasteiger partial charge on any atom is 0.211 e. The summed E-state index contributed by atoms with van der Waals surface area (Å²) in [6.07, 6.45) is 1.26. The smallest absolute Gasteiger partial charge is 0.211 e. The zero-order valence-electron chi connectivity index (χ0n) is 10.6. The molecule has 4 nitrogen and oxygen atoms in total. The van der Waals surface area contributed by atoms with Crippen LogP contribution >= 0.6 is 11.6 Å². The number of nitrogens with zero attached hydrogens (tertiary/aromatic N) is 2. The molecule has 0 amide bonds. The van der Waals surface area contributed by atoms with Gasteiger partial charge in [-0.1, -0.05) is 17.7 Å². The van der Waals surface area contributed by atoms with Gasteiger partial charge in [0.25, 0.3) is 0 Å². The normalized spacial score (nSPS) is 18.1. The van der Waals surface area contributed by atoms with Crippen LogP contribution in [0.4, 0.5) is 5.69 Å². The van der Waals surface area contributed by atoms with Crippen molar-refractivity contribution in [1.82, 2.24) is 4.31 Å². The molecule has 0 aromatic heterocycles. The molecule has 1 heterocycles. The van der Waals surface area contributed by atoms with Gasteiger partial charge in [-0.2, -0.15) is 4.31 Å². The standard InChI is InChI=1S/C12H17ClN2O2S/c1-10-3-4-11(13)9-12(10)14-5-7-15(8-6-14)18(2,16)17/h3-4,9H,5-8H2,1-2H3. The summed E-state index contributed by atoms with van der Waals surface area (Å²) >= 11 is 6.00. The number of benzene rings is 1. The highest BCUT2D eigenvalue weighted by Crippen LogP contribution is 2.25. The van der Waals surface area contributed by atoms with Crippen molar-refractivity contribution in [2.75, 3.05) is 37.3 Å². The molecule has 2 rings (SSSR count). The van der Waals surface area contributed by atoms with Crippen LogP contribution in [0.15, 0.2) is 18.2 Å². The van der Waals surface area contributed by atoms with Crippen molar-refractivity contribution in [2.45, 2.75) is 6.92 Å². The molecular formula is C12H17ClN2O2S. The van der Waals surface area contributed by atoms with Gasteiger partial charge in [0.05, 0.1) is 6.26 Å². The van der Waals surface area contributed by atoms with E-state index in [-0.39, 0.29) is 0 Å². The van der Waals surface area contributed by atoms with Gasteiger partial charge in [0, 0.05) is 36.9 Å². The summed E-state index contributed by atoms with van der Waals surface area (Å²) in [4.78, 5) is 2.18. The number of halogens is 1. The average molecular weight is 289 g/mol. The first-order valence-electron chi connectivity index (χ1n) is 5.84. The van der Waals surface area contributed by atoms with Crippen LogP contribution in [-0.4, -0.2) is 45.2 Å². The molecule has 0 bridgehead atoms. The fraction of sp³-hybridized carbons (Fsp3) is 0.500. The van der Waals surface area contributed by atoms with E-state index in [1.54, 1.807) is 0 Å². The summed E-state index contributed by atoms with van der Waals surface area (Å²) in [5, 5.41) is 0.709. The second-order valence-electron chi connectivity index (χ2n) is 4.58. The van der Waals surface area contributed by atoms with E-state index in [1.165, 1.54) is 10.6 Å². The SMILES string of the molecule is Cc1ccc(Cl)cc1N1CCN(S(C)(=O)=O)CC1. The van der Waals surface area contributed by atoms with Crippen molar-refractivity contribution in [3.8, 4) is 0 Å². The van der Waals surface area contributed by atoms with Crippen LogP contribution in [0.3, 0.4) is 0 Å². The maximum absolute atomic E-state index is 11.4. The van der Waals surface area contributed by atoms with Crippen molar-refractivity contribution < 1.29 is 8.42 Å². The van der Waals surface area contributed by atoms with E-state index in [4.69, 9.17) is 11.6 Å². The Labute approximate surface area is 113 Å². The fourth-order valence-electron chi connectivity index (χ4n) is 2.18. The molecule has 0 saturated carbocycles. The van der Waals surface area contributed by atoms with Crippen molar-refractivity contribution in [3.63, 3.8) is 0 Å². The van der Waals surface area contributed by atoms with E-state index in [1.807, 2.05) is 25.1 Å². The Bertz CT molecular complexity index is 537. The minimum Gasteiger partial charge on any atom is -0.369 e. The van der Waals surface area contributed by atoms with Crippen LogP contribution in [0.2, 0.25) is 5.02 Å². The predicted molar refractivity (Wildman–Crippen MR) is 74.8 cm³/mol. The van der Waals surface area contributed by atoms with Crippen molar-refractivity contribution in [2.24, 2.45) is 0 Å².